The van der Waals surface area contributed by atoms with Gasteiger partial charge in [-0.3, -0.25) is 4.79 Å². The fourth-order valence-electron chi connectivity index (χ4n) is 2.57. The Balaban J connectivity index is 2.38. The quantitative estimate of drug-likeness (QED) is 0.664. The van der Waals surface area contributed by atoms with Crippen molar-refractivity contribution >= 4 is 21.8 Å². The summed E-state index contributed by atoms with van der Waals surface area (Å²) in [6.07, 6.45) is 2.51. The second-order valence-corrected chi connectivity index (χ2v) is 5.96. The van der Waals surface area contributed by atoms with E-state index in [-0.39, 0.29) is 18.9 Å². The van der Waals surface area contributed by atoms with Gasteiger partial charge in [0.15, 0.2) is 0 Å². The molecule has 0 aromatic rings. The molecular weight excluding hydrogens is 323 g/mol. The first-order valence-corrected chi connectivity index (χ1v) is 7.95. The van der Waals surface area contributed by atoms with Crippen LogP contribution in [0, 0.1) is 5.92 Å². The molecule has 2 nitrogen and oxygen atoms in total. The van der Waals surface area contributed by atoms with Gasteiger partial charge >= 0.3 is 6.18 Å². The summed E-state index contributed by atoms with van der Waals surface area (Å²) in [5.74, 6) is 0.150. The van der Waals surface area contributed by atoms with Crippen LogP contribution in [0.1, 0.15) is 44.9 Å². The van der Waals surface area contributed by atoms with Gasteiger partial charge in [-0.1, -0.05) is 48.0 Å². The normalized spacial score (nSPS) is 17.5. The molecule has 6 heteroatoms. The van der Waals surface area contributed by atoms with Gasteiger partial charge in [-0.2, -0.15) is 13.2 Å². The molecule has 0 N–H and O–H groups in total. The number of carbonyl (C=O) groups is 1. The van der Waals surface area contributed by atoms with Crippen molar-refractivity contribution in [2.24, 2.45) is 5.92 Å². The molecule has 0 unspecified atom stereocenters. The van der Waals surface area contributed by atoms with Crippen molar-refractivity contribution in [1.82, 2.24) is 4.90 Å². The molecule has 1 aliphatic rings. The zero-order valence-corrected chi connectivity index (χ0v) is 12.6. The SMILES string of the molecule is O=C(CCC1CCCCC1)N(CCBr)CC(F)(F)F. The van der Waals surface area contributed by atoms with Crippen LogP contribution in [-0.4, -0.2) is 35.4 Å². The van der Waals surface area contributed by atoms with Gasteiger partial charge in [-0.15, -0.1) is 0 Å². The molecule has 0 heterocycles. The van der Waals surface area contributed by atoms with Crippen molar-refractivity contribution in [2.75, 3.05) is 18.4 Å². The summed E-state index contributed by atoms with van der Waals surface area (Å²) in [5, 5.41) is 0.373. The van der Waals surface area contributed by atoms with E-state index in [4.69, 9.17) is 0 Å². The van der Waals surface area contributed by atoms with Crippen LogP contribution < -0.4 is 0 Å². The van der Waals surface area contributed by atoms with E-state index >= 15 is 0 Å². The van der Waals surface area contributed by atoms with Crippen molar-refractivity contribution in [1.29, 1.82) is 0 Å². The van der Waals surface area contributed by atoms with Crippen molar-refractivity contribution in [3.8, 4) is 0 Å². The zero-order chi connectivity index (χ0) is 14.3. The van der Waals surface area contributed by atoms with E-state index in [1.165, 1.54) is 19.3 Å². The Morgan fingerprint density at radius 1 is 1.21 bits per heavy atom. The zero-order valence-electron chi connectivity index (χ0n) is 11.0. The predicted molar refractivity (Wildman–Crippen MR) is 72.2 cm³/mol. The first-order chi connectivity index (χ1) is 8.92. The summed E-state index contributed by atoms with van der Waals surface area (Å²) in [6, 6.07) is 0. The van der Waals surface area contributed by atoms with Crippen molar-refractivity contribution in [3.05, 3.63) is 0 Å². The molecule has 1 fully saturated rings. The molecule has 19 heavy (non-hydrogen) atoms. The fraction of sp³-hybridized carbons (Fsp3) is 0.923. The van der Waals surface area contributed by atoms with Crippen LogP contribution in [0.4, 0.5) is 13.2 Å². The van der Waals surface area contributed by atoms with Gasteiger partial charge in [0.25, 0.3) is 0 Å². The van der Waals surface area contributed by atoms with E-state index in [9.17, 15) is 18.0 Å². The Hall–Kier alpha value is -0.260. The second-order valence-electron chi connectivity index (χ2n) is 5.16. The third kappa shape index (κ3) is 7.18. The average molecular weight is 344 g/mol. The summed E-state index contributed by atoms with van der Waals surface area (Å²) in [4.78, 5) is 12.8. The standard InChI is InChI=1S/C13H21BrF3NO/c14-8-9-18(10-13(15,16)17)12(19)7-6-11-4-2-1-3-5-11/h11H,1-10H2. The third-order valence-electron chi connectivity index (χ3n) is 3.57. The van der Waals surface area contributed by atoms with Crippen LogP contribution in [0.2, 0.25) is 0 Å². The highest BCUT2D eigenvalue weighted by atomic mass is 79.9. The van der Waals surface area contributed by atoms with Crippen LogP contribution >= 0.6 is 15.9 Å². The minimum atomic E-state index is -4.32. The average Bonchev–Trinajstić information content (AvgIpc) is 2.35. The molecule has 1 amide bonds. The van der Waals surface area contributed by atoms with Crippen LogP contribution in [0.3, 0.4) is 0 Å². The molecule has 0 radical (unpaired) electrons. The van der Waals surface area contributed by atoms with E-state index in [0.29, 0.717) is 11.2 Å². The Labute approximate surface area is 120 Å². The summed E-state index contributed by atoms with van der Waals surface area (Å²) < 4.78 is 37.1. The van der Waals surface area contributed by atoms with E-state index in [1.54, 1.807) is 0 Å². The molecular formula is C13H21BrF3NO. The van der Waals surface area contributed by atoms with Gasteiger partial charge in [-0.05, 0) is 12.3 Å². The van der Waals surface area contributed by atoms with Gasteiger partial charge in [0.1, 0.15) is 6.54 Å². The molecule has 0 aliphatic heterocycles. The summed E-state index contributed by atoms with van der Waals surface area (Å²) >= 11 is 3.09. The molecule has 0 aromatic carbocycles. The lowest BCUT2D eigenvalue weighted by atomic mass is 9.86. The second kappa shape index (κ2) is 8.12. The molecule has 112 valence electrons. The van der Waals surface area contributed by atoms with Gasteiger partial charge in [0, 0.05) is 18.3 Å². The number of hydrogen-bond donors (Lipinski definition) is 0. The topological polar surface area (TPSA) is 20.3 Å². The maximum atomic E-state index is 12.4. The van der Waals surface area contributed by atoms with Gasteiger partial charge in [-0.25, -0.2) is 0 Å². The van der Waals surface area contributed by atoms with Crippen molar-refractivity contribution in [3.63, 3.8) is 0 Å². The lowest BCUT2D eigenvalue weighted by molar-refractivity contribution is -0.160. The monoisotopic (exact) mass is 343 g/mol. The Morgan fingerprint density at radius 2 is 1.84 bits per heavy atom. The van der Waals surface area contributed by atoms with Gasteiger partial charge < -0.3 is 4.90 Å². The lowest BCUT2D eigenvalue weighted by Gasteiger charge is -2.25. The van der Waals surface area contributed by atoms with Gasteiger partial charge in [0.05, 0.1) is 0 Å². The predicted octanol–water partition coefficient (Wildman–Crippen LogP) is 4.13. The summed E-state index contributed by atoms with van der Waals surface area (Å²) in [6.45, 7) is -1.02. The smallest absolute Gasteiger partial charge is 0.333 e. The molecule has 0 spiro atoms. The van der Waals surface area contributed by atoms with E-state index in [2.05, 4.69) is 15.9 Å². The highest BCUT2D eigenvalue weighted by Gasteiger charge is 2.32. The first-order valence-electron chi connectivity index (χ1n) is 6.83. The van der Waals surface area contributed by atoms with Crippen LogP contribution in [-0.2, 0) is 4.79 Å². The van der Waals surface area contributed by atoms with E-state index in [0.717, 1.165) is 24.2 Å². The molecule has 0 saturated heterocycles. The summed E-state index contributed by atoms with van der Waals surface area (Å²) in [7, 11) is 0. The van der Waals surface area contributed by atoms with Gasteiger partial charge in [0.2, 0.25) is 5.91 Å². The number of nitrogens with zero attached hydrogens (tertiary/aromatic N) is 1. The maximum Gasteiger partial charge on any atom is 0.406 e. The van der Waals surface area contributed by atoms with Crippen molar-refractivity contribution in [2.45, 2.75) is 51.1 Å². The number of rotatable bonds is 6. The number of halogens is 4. The Kier molecular flexibility index (Phi) is 7.18. The lowest BCUT2D eigenvalue weighted by Crippen LogP contribution is -2.40. The highest BCUT2D eigenvalue weighted by molar-refractivity contribution is 9.09. The number of carbonyl (C=O) groups excluding carboxylic acids is 1. The van der Waals surface area contributed by atoms with Crippen LogP contribution in [0.15, 0.2) is 0 Å². The largest absolute Gasteiger partial charge is 0.406 e. The molecule has 0 bridgehead atoms. The van der Waals surface area contributed by atoms with Crippen LogP contribution in [0.25, 0.3) is 0 Å². The number of hydrogen-bond acceptors (Lipinski definition) is 1. The Morgan fingerprint density at radius 3 is 2.37 bits per heavy atom. The molecule has 0 atom stereocenters. The third-order valence-corrected chi connectivity index (χ3v) is 3.92. The minimum Gasteiger partial charge on any atom is -0.333 e. The number of alkyl halides is 4. The molecule has 0 aromatic heterocycles. The highest BCUT2D eigenvalue weighted by Crippen LogP contribution is 2.27. The molecule has 1 aliphatic carbocycles. The maximum absolute atomic E-state index is 12.4. The van der Waals surface area contributed by atoms with Crippen molar-refractivity contribution < 1.29 is 18.0 Å². The summed E-state index contributed by atoms with van der Waals surface area (Å²) in [5.41, 5.74) is 0. The molecule has 1 saturated carbocycles. The first kappa shape index (κ1) is 16.8. The van der Waals surface area contributed by atoms with E-state index < -0.39 is 12.7 Å². The molecule has 1 rings (SSSR count). The van der Waals surface area contributed by atoms with Crippen LogP contribution in [0.5, 0.6) is 0 Å². The minimum absolute atomic E-state index is 0.114. The Bertz CT molecular complexity index is 278. The van der Waals surface area contributed by atoms with E-state index in [1.807, 2.05) is 0 Å². The number of amides is 1. The fourth-order valence-corrected chi connectivity index (χ4v) is 3.00.